The van der Waals surface area contributed by atoms with Gasteiger partial charge in [0.25, 0.3) is 0 Å². The van der Waals surface area contributed by atoms with Crippen molar-refractivity contribution in [1.82, 2.24) is 14.5 Å². The molecule has 0 spiro atoms. The zero-order valence-electron chi connectivity index (χ0n) is 19.8. The van der Waals surface area contributed by atoms with Gasteiger partial charge in [-0.2, -0.15) is 0 Å². The van der Waals surface area contributed by atoms with Crippen molar-refractivity contribution in [2.45, 2.75) is 25.1 Å². The number of nitrogens with one attached hydrogen (secondary N) is 2. The molecule has 182 valence electrons. The lowest BCUT2D eigenvalue weighted by Gasteiger charge is -2.28. The first-order valence-electron chi connectivity index (χ1n) is 12.5. The molecular formula is C29H27FN4O2. The molecule has 6 nitrogen and oxygen atoms in total. The maximum absolute atomic E-state index is 14.0. The van der Waals surface area contributed by atoms with Crippen LogP contribution in [0.2, 0.25) is 0 Å². The van der Waals surface area contributed by atoms with Crippen LogP contribution >= 0.6 is 0 Å². The van der Waals surface area contributed by atoms with Crippen LogP contribution in [0.15, 0.2) is 60.7 Å². The third kappa shape index (κ3) is 3.58. The normalized spacial score (nSPS) is 22.6. The second kappa shape index (κ2) is 8.47. The molecule has 7 heteroatoms. The number of H-pyrrole nitrogens is 1. The Balaban J connectivity index is 1.31. The summed E-state index contributed by atoms with van der Waals surface area (Å²) in [5.74, 6) is 0.236. The number of aromatic amines is 1. The Morgan fingerprint density at radius 2 is 1.94 bits per heavy atom. The first-order valence-corrected chi connectivity index (χ1v) is 12.5. The van der Waals surface area contributed by atoms with Crippen LogP contribution in [0, 0.1) is 11.2 Å². The van der Waals surface area contributed by atoms with Crippen LogP contribution in [0.25, 0.3) is 22.7 Å². The number of aromatic nitrogens is 2. The van der Waals surface area contributed by atoms with Crippen LogP contribution in [-0.4, -0.2) is 46.8 Å². The second-order valence-electron chi connectivity index (χ2n) is 9.88. The highest BCUT2D eigenvalue weighted by molar-refractivity contribution is 5.95. The van der Waals surface area contributed by atoms with Crippen molar-refractivity contribution in [3.05, 3.63) is 94.4 Å². The molecule has 1 aromatic heterocycles. The summed E-state index contributed by atoms with van der Waals surface area (Å²) >= 11 is 0. The summed E-state index contributed by atoms with van der Waals surface area (Å²) in [5.41, 5.74) is 7.42. The highest BCUT2D eigenvalue weighted by Gasteiger charge is 2.35. The SMILES string of the molecule is N=c1[nH]c2cc(/C=C3\c4ccccc4COc4cc(F)ccc43)ccc2n1[C@H]1C[C@H]2COCCN2C1. The first-order chi connectivity index (χ1) is 17.6. The zero-order chi connectivity index (χ0) is 24.2. The second-order valence-corrected chi connectivity index (χ2v) is 9.88. The van der Waals surface area contributed by atoms with Crippen LogP contribution in [0.4, 0.5) is 4.39 Å². The third-order valence-corrected chi connectivity index (χ3v) is 7.71. The number of imidazole rings is 1. The number of fused-ring (bicyclic) bond motifs is 4. The molecule has 2 saturated heterocycles. The standard InChI is InChI=1S/C29H27FN4O2/c30-20-6-7-24-25(23-4-2-1-3-19(23)16-36-28(24)13-20)11-18-5-8-27-26(12-18)32-29(31)34(27)21-14-22-17-35-10-9-33(22)15-21/h1-8,11-13,21-22H,9-10,14-17H2,(H2,31,32)/b25-11+/t21-,22-/m0/s1. The monoisotopic (exact) mass is 482 g/mol. The molecule has 0 bridgehead atoms. The minimum Gasteiger partial charge on any atom is -0.488 e. The van der Waals surface area contributed by atoms with Gasteiger partial charge in [0.2, 0.25) is 5.62 Å². The predicted octanol–water partition coefficient (Wildman–Crippen LogP) is 4.71. The Bertz CT molecular complexity index is 1560. The van der Waals surface area contributed by atoms with Crippen LogP contribution < -0.4 is 10.4 Å². The lowest BCUT2D eigenvalue weighted by molar-refractivity contribution is 0.0128. The lowest BCUT2D eigenvalue weighted by atomic mass is 9.92. The number of halogens is 1. The fourth-order valence-electron chi connectivity index (χ4n) is 6.00. The minimum absolute atomic E-state index is 0.259. The van der Waals surface area contributed by atoms with Gasteiger partial charge in [-0.25, -0.2) is 4.39 Å². The van der Waals surface area contributed by atoms with E-state index in [-0.39, 0.29) is 11.9 Å². The third-order valence-electron chi connectivity index (χ3n) is 7.71. The average molecular weight is 483 g/mol. The van der Waals surface area contributed by atoms with Gasteiger partial charge in [-0.3, -0.25) is 10.3 Å². The van der Waals surface area contributed by atoms with E-state index in [0.29, 0.717) is 24.0 Å². The molecule has 2 fully saturated rings. The van der Waals surface area contributed by atoms with Gasteiger partial charge in [0.15, 0.2) is 0 Å². The van der Waals surface area contributed by atoms with Crippen LogP contribution in [0.5, 0.6) is 5.75 Å². The number of ether oxygens (including phenoxy) is 2. The molecule has 3 aromatic carbocycles. The lowest BCUT2D eigenvalue weighted by Crippen LogP contribution is -2.40. The topological polar surface area (TPSA) is 66.3 Å². The molecule has 2 N–H and O–H groups in total. The summed E-state index contributed by atoms with van der Waals surface area (Å²) < 4.78 is 27.8. The maximum atomic E-state index is 14.0. The largest absolute Gasteiger partial charge is 0.488 e. The van der Waals surface area contributed by atoms with Crippen LogP contribution in [0.3, 0.4) is 0 Å². The molecular weight excluding hydrogens is 455 g/mol. The minimum atomic E-state index is -0.311. The number of hydrogen-bond donors (Lipinski definition) is 2. The van der Waals surface area contributed by atoms with E-state index in [1.54, 1.807) is 6.07 Å². The highest BCUT2D eigenvalue weighted by atomic mass is 19.1. The van der Waals surface area contributed by atoms with E-state index in [1.165, 1.54) is 12.1 Å². The molecule has 7 rings (SSSR count). The Kier molecular flexibility index (Phi) is 5.08. The van der Waals surface area contributed by atoms with Gasteiger partial charge in [0.1, 0.15) is 18.2 Å². The average Bonchev–Trinajstić information content (AvgIpc) is 3.41. The van der Waals surface area contributed by atoms with Gasteiger partial charge in [0, 0.05) is 30.8 Å². The van der Waals surface area contributed by atoms with E-state index in [0.717, 1.165) is 71.6 Å². The van der Waals surface area contributed by atoms with Crippen molar-refractivity contribution in [3.63, 3.8) is 0 Å². The van der Waals surface area contributed by atoms with Crippen molar-refractivity contribution >= 4 is 22.7 Å². The fraction of sp³-hybridized carbons (Fsp3) is 0.276. The smallest absolute Gasteiger partial charge is 0.200 e. The number of benzene rings is 3. The van der Waals surface area contributed by atoms with Crippen molar-refractivity contribution in [2.24, 2.45) is 0 Å². The molecule has 36 heavy (non-hydrogen) atoms. The van der Waals surface area contributed by atoms with Crippen molar-refractivity contribution in [2.75, 3.05) is 26.3 Å². The van der Waals surface area contributed by atoms with E-state index in [1.807, 2.05) is 12.1 Å². The summed E-state index contributed by atoms with van der Waals surface area (Å²) in [6, 6.07) is 19.9. The molecule has 3 aliphatic rings. The van der Waals surface area contributed by atoms with E-state index >= 15 is 0 Å². The maximum Gasteiger partial charge on any atom is 0.200 e. The molecule has 2 atom stereocenters. The van der Waals surface area contributed by atoms with Gasteiger partial charge in [-0.05, 0) is 59.0 Å². The number of hydrogen-bond acceptors (Lipinski definition) is 4. The summed E-state index contributed by atoms with van der Waals surface area (Å²) in [7, 11) is 0. The van der Waals surface area contributed by atoms with Crippen LogP contribution in [-0.2, 0) is 11.3 Å². The number of rotatable bonds is 2. The fourth-order valence-corrected chi connectivity index (χ4v) is 6.00. The zero-order valence-corrected chi connectivity index (χ0v) is 19.8. The highest BCUT2D eigenvalue weighted by Crippen LogP contribution is 2.38. The molecule has 0 saturated carbocycles. The molecule has 0 unspecified atom stereocenters. The number of morpholine rings is 1. The van der Waals surface area contributed by atoms with E-state index in [2.05, 4.69) is 50.9 Å². The molecule has 0 aliphatic carbocycles. The van der Waals surface area contributed by atoms with Crippen molar-refractivity contribution in [1.29, 1.82) is 5.41 Å². The summed E-state index contributed by atoms with van der Waals surface area (Å²) in [5, 5.41) is 8.68. The van der Waals surface area contributed by atoms with E-state index in [4.69, 9.17) is 14.9 Å². The van der Waals surface area contributed by atoms with Gasteiger partial charge < -0.3 is 19.0 Å². The molecule has 0 radical (unpaired) electrons. The van der Waals surface area contributed by atoms with Crippen molar-refractivity contribution < 1.29 is 13.9 Å². The summed E-state index contributed by atoms with van der Waals surface area (Å²) in [6.07, 6.45) is 3.13. The number of nitrogens with zero attached hydrogens (tertiary/aromatic N) is 2. The molecule has 4 aromatic rings. The molecule has 3 aliphatic heterocycles. The summed E-state index contributed by atoms with van der Waals surface area (Å²) in [6.45, 7) is 3.88. The Labute approximate surface area is 208 Å². The predicted molar refractivity (Wildman–Crippen MR) is 136 cm³/mol. The Hall–Kier alpha value is -3.68. The molecule has 4 heterocycles. The van der Waals surface area contributed by atoms with Gasteiger partial charge in [-0.15, -0.1) is 0 Å². The van der Waals surface area contributed by atoms with Gasteiger partial charge in [-0.1, -0.05) is 30.3 Å². The first kappa shape index (κ1) is 21.6. The van der Waals surface area contributed by atoms with Crippen molar-refractivity contribution in [3.8, 4) is 5.75 Å². The van der Waals surface area contributed by atoms with Crippen LogP contribution in [0.1, 0.15) is 34.7 Å². The van der Waals surface area contributed by atoms with E-state index in [9.17, 15) is 4.39 Å². The molecule has 0 amide bonds. The Morgan fingerprint density at radius 3 is 2.86 bits per heavy atom. The van der Waals surface area contributed by atoms with E-state index < -0.39 is 0 Å². The Morgan fingerprint density at radius 1 is 1.03 bits per heavy atom. The van der Waals surface area contributed by atoms with Gasteiger partial charge >= 0.3 is 0 Å². The quantitative estimate of drug-likeness (QED) is 0.435. The summed E-state index contributed by atoms with van der Waals surface area (Å²) in [4.78, 5) is 5.79. The van der Waals surface area contributed by atoms with Gasteiger partial charge in [0.05, 0.1) is 30.3 Å².